The molecule has 3 heterocycles. The molecular formula is C14H15N3S3. The highest BCUT2D eigenvalue weighted by Crippen LogP contribution is 2.20. The first-order chi connectivity index (χ1) is 9.81. The second-order valence-corrected chi connectivity index (χ2v) is 7.67. The molecule has 0 spiro atoms. The third-order valence-corrected chi connectivity index (χ3v) is 5.75. The molecule has 0 aromatic carbocycles. The monoisotopic (exact) mass is 321 g/mol. The van der Waals surface area contributed by atoms with Gasteiger partial charge in [0.15, 0.2) is 5.17 Å². The van der Waals surface area contributed by atoms with Gasteiger partial charge in [0.25, 0.3) is 0 Å². The fraction of sp³-hybridized carbons (Fsp3) is 0.286. The molecule has 2 aromatic rings. The van der Waals surface area contributed by atoms with Gasteiger partial charge in [0.1, 0.15) is 0 Å². The van der Waals surface area contributed by atoms with Gasteiger partial charge in [0.05, 0.1) is 10.6 Å². The van der Waals surface area contributed by atoms with Crippen molar-refractivity contribution < 1.29 is 0 Å². The number of hydrazone groups is 1. The normalized spacial score (nSPS) is 17.1. The average Bonchev–Trinajstić information content (AvgIpc) is 3.11. The Balaban J connectivity index is 1.56. The van der Waals surface area contributed by atoms with E-state index in [1.807, 2.05) is 0 Å². The summed E-state index contributed by atoms with van der Waals surface area (Å²) in [7, 11) is 0. The van der Waals surface area contributed by atoms with Crippen molar-refractivity contribution in [2.75, 3.05) is 12.3 Å². The molecule has 1 N–H and O–H groups in total. The van der Waals surface area contributed by atoms with Gasteiger partial charge in [0, 0.05) is 28.5 Å². The van der Waals surface area contributed by atoms with E-state index < -0.39 is 0 Å². The van der Waals surface area contributed by atoms with E-state index >= 15 is 0 Å². The van der Waals surface area contributed by atoms with Crippen LogP contribution in [0.2, 0.25) is 0 Å². The molecule has 1 aliphatic heterocycles. The molecule has 3 rings (SSSR count). The van der Waals surface area contributed by atoms with Crippen molar-refractivity contribution in [2.45, 2.75) is 13.3 Å². The number of aliphatic imine (C=N–C) groups is 1. The van der Waals surface area contributed by atoms with Crippen molar-refractivity contribution in [3.63, 3.8) is 0 Å². The van der Waals surface area contributed by atoms with Gasteiger partial charge in [-0.25, -0.2) is 0 Å². The number of rotatable bonds is 4. The highest BCUT2D eigenvalue weighted by Gasteiger charge is 2.13. The molecule has 0 radical (unpaired) electrons. The lowest BCUT2D eigenvalue weighted by molar-refractivity contribution is 0.954. The standard InChI is InChI=1S/C14H15N3S3/c1-10-4-5-13(20-10)12-9-19-14(17-16-12)15-7-6-11-3-2-8-18-11/h2-5,8H,6-7,9H2,1H3,(H,15,17). The Labute approximate surface area is 130 Å². The van der Waals surface area contributed by atoms with Gasteiger partial charge in [-0.05, 0) is 30.5 Å². The minimum atomic E-state index is 0.818. The van der Waals surface area contributed by atoms with E-state index in [0.29, 0.717) is 0 Å². The van der Waals surface area contributed by atoms with Crippen LogP contribution in [0.3, 0.4) is 0 Å². The van der Waals surface area contributed by atoms with Gasteiger partial charge in [-0.15, -0.1) is 22.7 Å². The van der Waals surface area contributed by atoms with Gasteiger partial charge in [-0.2, -0.15) is 5.10 Å². The van der Waals surface area contributed by atoms with Crippen molar-refractivity contribution in [3.8, 4) is 0 Å². The third kappa shape index (κ3) is 3.50. The van der Waals surface area contributed by atoms with Gasteiger partial charge in [-0.1, -0.05) is 17.8 Å². The maximum atomic E-state index is 4.56. The fourth-order valence-electron chi connectivity index (χ4n) is 1.84. The average molecular weight is 321 g/mol. The Hall–Kier alpha value is -1.11. The van der Waals surface area contributed by atoms with E-state index in [0.717, 1.165) is 29.6 Å². The Kier molecular flexibility index (Phi) is 4.54. The van der Waals surface area contributed by atoms with Crippen molar-refractivity contribution in [1.29, 1.82) is 0 Å². The van der Waals surface area contributed by atoms with Crippen LogP contribution >= 0.6 is 34.4 Å². The second-order valence-electron chi connectivity index (χ2n) is 4.39. The molecule has 3 nitrogen and oxygen atoms in total. The summed E-state index contributed by atoms with van der Waals surface area (Å²) in [5, 5.41) is 7.47. The summed E-state index contributed by atoms with van der Waals surface area (Å²) in [4.78, 5) is 8.52. The molecule has 0 atom stereocenters. The predicted molar refractivity (Wildman–Crippen MR) is 91.5 cm³/mol. The van der Waals surface area contributed by atoms with E-state index in [-0.39, 0.29) is 0 Å². The number of nitrogens with zero attached hydrogens (tertiary/aromatic N) is 2. The first kappa shape index (κ1) is 13.9. The number of thiophene rings is 2. The van der Waals surface area contributed by atoms with Gasteiger partial charge in [0.2, 0.25) is 0 Å². The lowest BCUT2D eigenvalue weighted by Crippen LogP contribution is -2.25. The molecule has 0 unspecified atom stereocenters. The van der Waals surface area contributed by atoms with E-state index in [4.69, 9.17) is 0 Å². The molecule has 0 saturated carbocycles. The molecule has 104 valence electrons. The lowest BCUT2D eigenvalue weighted by atomic mass is 10.3. The molecule has 0 bridgehead atoms. The summed E-state index contributed by atoms with van der Waals surface area (Å²) < 4.78 is 0. The Morgan fingerprint density at radius 3 is 2.95 bits per heavy atom. The number of hydrogen-bond donors (Lipinski definition) is 1. The van der Waals surface area contributed by atoms with Crippen LogP contribution in [0, 0.1) is 6.92 Å². The third-order valence-electron chi connectivity index (χ3n) is 2.85. The molecular weight excluding hydrogens is 306 g/mol. The maximum Gasteiger partial charge on any atom is 0.177 e. The van der Waals surface area contributed by atoms with Gasteiger partial charge < -0.3 is 0 Å². The summed E-state index contributed by atoms with van der Waals surface area (Å²) in [6.45, 7) is 2.94. The van der Waals surface area contributed by atoms with Crippen LogP contribution in [0.15, 0.2) is 39.7 Å². The van der Waals surface area contributed by atoms with Crippen LogP contribution in [-0.4, -0.2) is 23.2 Å². The van der Waals surface area contributed by atoms with Crippen molar-refractivity contribution in [3.05, 3.63) is 44.3 Å². The summed E-state index contributed by atoms with van der Waals surface area (Å²) in [6, 6.07) is 8.51. The SMILES string of the molecule is Cc1ccc(C2=NNC(=NCCc3cccs3)SC2)s1. The van der Waals surface area contributed by atoms with E-state index in [9.17, 15) is 0 Å². The first-order valence-corrected chi connectivity index (χ1v) is 9.08. The topological polar surface area (TPSA) is 36.8 Å². The molecule has 20 heavy (non-hydrogen) atoms. The Bertz CT molecular complexity index is 626. The van der Waals surface area contributed by atoms with Crippen LogP contribution in [0.25, 0.3) is 0 Å². The van der Waals surface area contributed by atoms with E-state index in [2.05, 4.69) is 52.1 Å². The zero-order valence-electron chi connectivity index (χ0n) is 11.1. The van der Waals surface area contributed by atoms with Crippen molar-refractivity contribution in [1.82, 2.24) is 5.43 Å². The minimum Gasteiger partial charge on any atom is -0.261 e. The fourth-order valence-corrected chi connectivity index (χ4v) is 4.27. The number of hydrogen-bond acceptors (Lipinski definition) is 5. The van der Waals surface area contributed by atoms with E-state index in [1.54, 1.807) is 34.4 Å². The summed E-state index contributed by atoms with van der Waals surface area (Å²) in [5.74, 6) is 0.894. The lowest BCUT2D eigenvalue weighted by Gasteiger charge is -2.13. The summed E-state index contributed by atoms with van der Waals surface area (Å²) in [6.07, 6.45) is 1.00. The van der Waals surface area contributed by atoms with Crippen LogP contribution in [0.5, 0.6) is 0 Å². The molecule has 0 fully saturated rings. The maximum absolute atomic E-state index is 4.56. The number of thioether (sulfide) groups is 1. The summed E-state index contributed by atoms with van der Waals surface area (Å²) >= 11 is 5.31. The molecule has 1 aliphatic rings. The number of aryl methyl sites for hydroxylation is 1. The van der Waals surface area contributed by atoms with Gasteiger partial charge in [-0.3, -0.25) is 10.4 Å². The Morgan fingerprint density at radius 1 is 1.35 bits per heavy atom. The predicted octanol–water partition coefficient (Wildman–Crippen LogP) is 3.76. The molecule has 0 saturated heterocycles. The zero-order valence-corrected chi connectivity index (χ0v) is 13.6. The molecule has 0 aliphatic carbocycles. The smallest absolute Gasteiger partial charge is 0.177 e. The molecule has 2 aromatic heterocycles. The van der Waals surface area contributed by atoms with Crippen molar-refractivity contribution >= 4 is 45.3 Å². The Morgan fingerprint density at radius 2 is 2.30 bits per heavy atom. The zero-order chi connectivity index (χ0) is 13.8. The van der Waals surface area contributed by atoms with Crippen LogP contribution in [0.1, 0.15) is 14.6 Å². The van der Waals surface area contributed by atoms with Gasteiger partial charge >= 0.3 is 0 Å². The number of amidine groups is 1. The second kappa shape index (κ2) is 6.56. The quantitative estimate of drug-likeness (QED) is 0.931. The molecule has 0 amide bonds. The summed E-state index contributed by atoms with van der Waals surface area (Å²) in [5.41, 5.74) is 4.18. The number of nitrogens with one attached hydrogen (secondary N) is 1. The molecule has 6 heteroatoms. The van der Waals surface area contributed by atoms with Crippen molar-refractivity contribution in [2.24, 2.45) is 10.1 Å². The van der Waals surface area contributed by atoms with Crippen LogP contribution in [-0.2, 0) is 6.42 Å². The van der Waals surface area contributed by atoms with E-state index in [1.165, 1.54) is 14.6 Å². The van der Waals surface area contributed by atoms with Crippen LogP contribution in [0.4, 0.5) is 0 Å². The largest absolute Gasteiger partial charge is 0.261 e. The highest BCUT2D eigenvalue weighted by atomic mass is 32.2. The minimum absolute atomic E-state index is 0.818. The first-order valence-electron chi connectivity index (χ1n) is 6.40. The van der Waals surface area contributed by atoms with Crippen LogP contribution < -0.4 is 5.43 Å². The highest BCUT2D eigenvalue weighted by molar-refractivity contribution is 8.14.